The monoisotopic (exact) mass is 241 g/mol. The predicted molar refractivity (Wildman–Crippen MR) is 66.5 cm³/mol. The van der Waals surface area contributed by atoms with E-state index in [2.05, 4.69) is 11.4 Å². The molecule has 0 saturated carbocycles. The zero-order valence-corrected chi connectivity index (χ0v) is 10.6. The second-order valence-electron chi connectivity index (χ2n) is 4.14. The number of thiophene rings is 1. The standard InChI is InChI=1S/C12H19NO2S/c1-9(8-11-4-3-7-16-11)13-12(15)6-5-10(2)14/h3-4,7,9-10,14H,5-6,8H2,1-2H3,(H,13,15). The summed E-state index contributed by atoms with van der Waals surface area (Å²) in [6, 6.07) is 4.24. The third kappa shape index (κ3) is 5.28. The van der Waals surface area contributed by atoms with Crippen molar-refractivity contribution in [3.05, 3.63) is 22.4 Å². The van der Waals surface area contributed by atoms with Crippen LogP contribution in [0.15, 0.2) is 17.5 Å². The number of hydrogen-bond donors (Lipinski definition) is 2. The third-order valence-electron chi connectivity index (χ3n) is 2.28. The molecule has 3 nitrogen and oxygen atoms in total. The summed E-state index contributed by atoms with van der Waals surface area (Å²) >= 11 is 1.71. The average Bonchev–Trinajstić information content (AvgIpc) is 2.67. The van der Waals surface area contributed by atoms with Crippen LogP contribution in [0.25, 0.3) is 0 Å². The first-order valence-corrected chi connectivity index (χ1v) is 6.45. The number of amides is 1. The summed E-state index contributed by atoms with van der Waals surface area (Å²) in [5.74, 6) is 0.0185. The van der Waals surface area contributed by atoms with Gasteiger partial charge in [-0.1, -0.05) is 6.07 Å². The van der Waals surface area contributed by atoms with E-state index in [1.165, 1.54) is 4.88 Å². The topological polar surface area (TPSA) is 49.3 Å². The Bertz CT molecular complexity index is 309. The summed E-state index contributed by atoms with van der Waals surface area (Å²) < 4.78 is 0. The van der Waals surface area contributed by atoms with Crippen molar-refractivity contribution in [3.63, 3.8) is 0 Å². The molecule has 90 valence electrons. The van der Waals surface area contributed by atoms with Crippen LogP contribution in [0.1, 0.15) is 31.6 Å². The smallest absolute Gasteiger partial charge is 0.220 e. The van der Waals surface area contributed by atoms with Crippen molar-refractivity contribution in [2.45, 2.75) is 45.3 Å². The molecule has 0 bridgehead atoms. The lowest BCUT2D eigenvalue weighted by molar-refractivity contribution is -0.122. The Morgan fingerprint density at radius 2 is 2.31 bits per heavy atom. The molecule has 0 radical (unpaired) electrons. The van der Waals surface area contributed by atoms with Crippen LogP contribution in [-0.4, -0.2) is 23.2 Å². The van der Waals surface area contributed by atoms with Crippen molar-refractivity contribution in [2.75, 3.05) is 0 Å². The van der Waals surface area contributed by atoms with E-state index in [4.69, 9.17) is 5.11 Å². The van der Waals surface area contributed by atoms with Gasteiger partial charge in [-0.3, -0.25) is 4.79 Å². The Labute approximate surface area is 100 Å². The van der Waals surface area contributed by atoms with Gasteiger partial charge in [0, 0.05) is 23.8 Å². The molecule has 0 aliphatic rings. The van der Waals surface area contributed by atoms with E-state index in [1.54, 1.807) is 18.3 Å². The molecule has 1 amide bonds. The van der Waals surface area contributed by atoms with Crippen molar-refractivity contribution in [3.8, 4) is 0 Å². The zero-order valence-electron chi connectivity index (χ0n) is 9.77. The van der Waals surface area contributed by atoms with Crippen molar-refractivity contribution < 1.29 is 9.90 Å². The molecule has 0 aliphatic carbocycles. The lowest BCUT2D eigenvalue weighted by atomic mass is 10.1. The summed E-state index contributed by atoms with van der Waals surface area (Å²) in [7, 11) is 0. The molecule has 0 fully saturated rings. The largest absolute Gasteiger partial charge is 0.393 e. The van der Waals surface area contributed by atoms with Gasteiger partial charge in [-0.25, -0.2) is 0 Å². The number of hydrogen-bond acceptors (Lipinski definition) is 3. The van der Waals surface area contributed by atoms with E-state index in [9.17, 15) is 4.79 Å². The van der Waals surface area contributed by atoms with Crippen molar-refractivity contribution >= 4 is 17.2 Å². The molecule has 0 aliphatic heterocycles. The minimum atomic E-state index is -0.404. The number of aliphatic hydroxyl groups is 1. The summed E-state index contributed by atoms with van der Waals surface area (Å²) in [6.45, 7) is 3.70. The fraction of sp³-hybridized carbons (Fsp3) is 0.583. The molecule has 1 rings (SSSR count). The highest BCUT2D eigenvalue weighted by atomic mass is 32.1. The highest BCUT2D eigenvalue weighted by Gasteiger charge is 2.09. The second kappa shape index (κ2) is 6.66. The molecular weight excluding hydrogens is 222 g/mol. The summed E-state index contributed by atoms with van der Waals surface area (Å²) in [5.41, 5.74) is 0. The lowest BCUT2D eigenvalue weighted by Gasteiger charge is -2.13. The highest BCUT2D eigenvalue weighted by molar-refractivity contribution is 7.09. The van der Waals surface area contributed by atoms with Gasteiger partial charge in [0.1, 0.15) is 0 Å². The number of rotatable bonds is 6. The van der Waals surface area contributed by atoms with Gasteiger partial charge in [0.05, 0.1) is 6.10 Å². The number of aliphatic hydroxyl groups excluding tert-OH is 1. The number of carbonyl (C=O) groups excluding carboxylic acids is 1. The van der Waals surface area contributed by atoms with Gasteiger partial charge < -0.3 is 10.4 Å². The molecule has 0 saturated heterocycles. The van der Waals surface area contributed by atoms with E-state index in [0.29, 0.717) is 12.8 Å². The molecule has 2 unspecified atom stereocenters. The predicted octanol–water partition coefficient (Wildman–Crippen LogP) is 1.96. The number of carbonyl (C=O) groups is 1. The quantitative estimate of drug-likeness (QED) is 0.800. The molecular formula is C12H19NO2S. The van der Waals surface area contributed by atoms with E-state index < -0.39 is 6.10 Å². The van der Waals surface area contributed by atoms with Crippen LogP contribution in [0.3, 0.4) is 0 Å². The molecule has 16 heavy (non-hydrogen) atoms. The molecule has 0 aromatic carbocycles. The van der Waals surface area contributed by atoms with Crippen LogP contribution < -0.4 is 5.32 Å². The van der Waals surface area contributed by atoms with Gasteiger partial charge in [0.2, 0.25) is 5.91 Å². The van der Waals surface area contributed by atoms with Gasteiger partial charge >= 0.3 is 0 Å². The van der Waals surface area contributed by atoms with Gasteiger partial charge in [-0.05, 0) is 31.7 Å². The molecule has 1 aromatic rings. The Morgan fingerprint density at radius 3 is 2.88 bits per heavy atom. The average molecular weight is 241 g/mol. The maximum absolute atomic E-state index is 11.5. The van der Waals surface area contributed by atoms with E-state index in [1.807, 2.05) is 18.4 Å². The van der Waals surface area contributed by atoms with Gasteiger partial charge in [-0.2, -0.15) is 0 Å². The lowest BCUT2D eigenvalue weighted by Crippen LogP contribution is -2.34. The van der Waals surface area contributed by atoms with Crippen molar-refractivity contribution in [1.29, 1.82) is 0 Å². The molecule has 2 N–H and O–H groups in total. The van der Waals surface area contributed by atoms with Crippen LogP contribution in [0, 0.1) is 0 Å². The first-order chi connectivity index (χ1) is 7.58. The molecule has 0 spiro atoms. The first kappa shape index (κ1) is 13.2. The summed E-state index contributed by atoms with van der Waals surface area (Å²) in [6.07, 6.45) is 1.39. The minimum absolute atomic E-state index is 0.0185. The minimum Gasteiger partial charge on any atom is -0.393 e. The highest BCUT2D eigenvalue weighted by Crippen LogP contribution is 2.11. The third-order valence-corrected chi connectivity index (χ3v) is 3.18. The van der Waals surface area contributed by atoms with Gasteiger partial charge in [-0.15, -0.1) is 11.3 Å². The maximum Gasteiger partial charge on any atom is 0.220 e. The second-order valence-corrected chi connectivity index (χ2v) is 5.17. The van der Waals surface area contributed by atoms with Gasteiger partial charge in [0.15, 0.2) is 0 Å². The Morgan fingerprint density at radius 1 is 1.56 bits per heavy atom. The van der Waals surface area contributed by atoms with Crippen LogP contribution in [0.5, 0.6) is 0 Å². The first-order valence-electron chi connectivity index (χ1n) is 5.57. The van der Waals surface area contributed by atoms with Crippen LogP contribution in [-0.2, 0) is 11.2 Å². The van der Waals surface area contributed by atoms with E-state index in [0.717, 1.165) is 6.42 Å². The molecule has 4 heteroatoms. The molecule has 2 atom stereocenters. The maximum atomic E-state index is 11.5. The molecule has 1 heterocycles. The van der Waals surface area contributed by atoms with Gasteiger partial charge in [0.25, 0.3) is 0 Å². The fourth-order valence-corrected chi connectivity index (χ4v) is 2.30. The zero-order chi connectivity index (χ0) is 12.0. The Hall–Kier alpha value is -0.870. The summed E-state index contributed by atoms with van der Waals surface area (Å²) in [4.78, 5) is 12.7. The Balaban J connectivity index is 2.23. The Kier molecular flexibility index (Phi) is 5.49. The van der Waals surface area contributed by atoms with Crippen LogP contribution in [0.2, 0.25) is 0 Å². The molecule has 1 aromatic heterocycles. The fourth-order valence-electron chi connectivity index (χ4n) is 1.47. The SMILES string of the molecule is CC(O)CCC(=O)NC(C)Cc1cccs1. The van der Waals surface area contributed by atoms with Crippen LogP contribution in [0.4, 0.5) is 0 Å². The normalized spacial score (nSPS) is 14.4. The van der Waals surface area contributed by atoms with E-state index in [-0.39, 0.29) is 11.9 Å². The van der Waals surface area contributed by atoms with Crippen molar-refractivity contribution in [1.82, 2.24) is 5.32 Å². The van der Waals surface area contributed by atoms with Crippen LogP contribution >= 0.6 is 11.3 Å². The van der Waals surface area contributed by atoms with E-state index >= 15 is 0 Å². The number of nitrogens with one attached hydrogen (secondary N) is 1. The summed E-state index contributed by atoms with van der Waals surface area (Å²) in [5, 5.41) is 14.0. The van der Waals surface area contributed by atoms with Crippen molar-refractivity contribution in [2.24, 2.45) is 0 Å².